The van der Waals surface area contributed by atoms with Gasteiger partial charge in [-0.2, -0.15) is 0 Å². The number of rotatable bonds is 15. The number of nitrogens with two attached hydrogens (primary N) is 1. The molecule has 1 aromatic heterocycles. The van der Waals surface area contributed by atoms with Gasteiger partial charge < -0.3 is 26.3 Å². The van der Waals surface area contributed by atoms with Crippen molar-refractivity contribution in [2.75, 3.05) is 17.7 Å². The zero-order valence-corrected chi connectivity index (χ0v) is 22.6. The summed E-state index contributed by atoms with van der Waals surface area (Å²) < 4.78 is 2.06. The van der Waals surface area contributed by atoms with Crippen LogP contribution in [0.15, 0.2) is 104 Å². The number of anilines is 2. The first-order chi connectivity index (χ1) is 17.7. The molecule has 6 heteroatoms. The quantitative estimate of drug-likeness (QED) is 0.185. The lowest BCUT2D eigenvalue weighted by Gasteiger charge is -2.27. The molecule has 3 rings (SSSR count). The number of nitrogens with zero attached hydrogens (tertiary/aromatic N) is 2. The zero-order chi connectivity index (χ0) is 26.8. The van der Waals surface area contributed by atoms with Crippen molar-refractivity contribution >= 4 is 11.5 Å². The van der Waals surface area contributed by atoms with Crippen LogP contribution in [0.5, 0.6) is 0 Å². The molecule has 6 nitrogen and oxygen atoms in total. The highest BCUT2D eigenvalue weighted by Gasteiger charge is 2.22. The van der Waals surface area contributed by atoms with E-state index in [1.807, 2.05) is 51.6 Å². The maximum atomic E-state index is 6.35. The van der Waals surface area contributed by atoms with Crippen molar-refractivity contribution in [3.05, 3.63) is 115 Å². The third-order valence-corrected chi connectivity index (χ3v) is 6.64. The van der Waals surface area contributed by atoms with Crippen LogP contribution in [0.2, 0.25) is 0 Å². The summed E-state index contributed by atoms with van der Waals surface area (Å²) >= 11 is 0. The fraction of sp³-hybridized carbons (Fsp3) is 0.323. The Morgan fingerprint density at radius 1 is 1.03 bits per heavy atom. The van der Waals surface area contributed by atoms with E-state index in [4.69, 9.17) is 5.73 Å². The summed E-state index contributed by atoms with van der Waals surface area (Å²) in [5.41, 5.74) is 11.4. The minimum atomic E-state index is -0.431. The average molecular weight is 499 g/mol. The second-order valence-electron chi connectivity index (χ2n) is 10.2. The largest absolute Gasteiger partial charge is 0.375 e. The molecule has 1 atom stereocenters. The number of hydrogen-bond donors (Lipinski definition) is 4. The number of nitrogens with one attached hydrogen (secondary N) is 3. The summed E-state index contributed by atoms with van der Waals surface area (Å²) in [4.78, 5) is 4.59. The fourth-order valence-corrected chi connectivity index (χ4v) is 4.14. The molecule has 5 N–H and O–H groups in total. The summed E-state index contributed by atoms with van der Waals surface area (Å²) in [6, 6.07) is 18.8. The van der Waals surface area contributed by atoms with Gasteiger partial charge in [0, 0.05) is 36.1 Å². The van der Waals surface area contributed by atoms with Gasteiger partial charge in [-0.05, 0) is 56.7 Å². The molecule has 0 fully saturated rings. The summed E-state index contributed by atoms with van der Waals surface area (Å²) in [6.07, 6.45) is 7.72. The van der Waals surface area contributed by atoms with Crippen molar-refractivity contribution in [2.45, 2.75) is 51.6 Å². The minimum absolute atomic E-state index is 0.210. The van der Waals surface area contributed by atoms with Gasteiger partial charge in [0.2, 0.25) is 0 Å². The van der Waals surface area contributed by atoms with E-state index < -0.39 is 5.54 Å². The van der Waals surface area contributed by atoms with Crippen LogP contribution in [0.3, 0.4) is 0 Å². The van der Waals surface area contributed by atoms with Crippen LogP contribution in [0, 0.1) is 5.92 Å². The van der Waals surface area contributed by atoms with E-state index in [9.17, 15) is 0 Å². The molecule has 37 heavy (non-hydrogen) atoms. The van der Waals surface area contributed by atoms with E-state index in [2.05, 4.69) is 81.6 Å². The first-order valence-electron chi connectivity index (χ1n) is 12.9. The summed E-state index contributed by atoms with van der Waals surface area (Å²) in [5.74, 6) is 1.74. The lowest BCUT2D eigenvalue weighted by Crippen LogP contribution is -2.35. The molecule has 1 unspecified atom stereocenters. The van der Waals surface area contributed by atoms with Gasteiger partial charge >= 0.3 is 0 Å². The zero-order valence-electron chi connectivity index (χ0n) is 22.6. The highest BCUT2D eigenvalue weighted by molar-refractivity contribution is 5.54. The Morgan fingerprint density at radius 2 is 1.73 bits per heavy atom. The molecule has 3 aromatic rings. The molecule has 0 aliphatic heterocycles. The van der Waals surface area contributed by atoms with E-state index in [1.54, 1.807) is 0 Å². The molecule has 0 saturated heterocycles. The average Bonchev–Trinajstić information content (AvgIpc) is 3.31. The molecule has 0 aliphatic carbocycles. The van der Waals surface area contributed by atoms with Gasteiger partial charge in [-0.15, -0.1) is 0 Å². The van der Waals surface area contributed by atoms with E-state index in [0.29, 0.717) is 6.54 Å². The normalized spacial score (nSPS) is 12.0. The Hall–Kier alpha value is -3.77. The monoisotopic (exact) mass is 498 g/mol. The van der Waals surface area contributed by atoms with E-state index in [0.717, 1.165) is 59.8 Å². The minimum Gasteiger partial charge on any atom is -0.375 e. The van der Waals surface area contributed by atoms with Gasteiger partial charge in [0.05, 0.1) is 18.7 Å². The molecule has 0 radical (unpaired) electrons. The topological polar surface area (TPSA) is 79.9 Å². The predicted octanol–water partition coefficient (Wildman–Crippen LogP) is 6.28. The molecular weight excluding hydrogens is 456 g/mol. The number of imidazole rings is 1. The standard InChI is InChI=1S/C31H42N6/c1-23(31(4,5)32)19-27(17-12-15-26-13-8-7-9-14-26)24(2)35-30-21-37(22-34-30)20-28-16-10-11-18-29(28)36-25(3)33-6/h7-11,13-14,16,18,21-22,27,33,35-36H,1-3,12,15,17,19-20,32H2,4-6H3. The Morgan fingerprint density at radius 3 is 2.43 bits per heavy atom. The third kappa shape index (κ3) is 8.69. The smallest absolute Gasteiger partial charge is 0.148 e. The summed E-state index contributed by atoms with van der Waals surface area (Å²) in [7, 11) is 1.84. The van der Waals surface area contributed by atoms with Crippen molar-refractivity contribution in [1.29, 1.82) is 0 Å². The van der Waals surface area contributed by atoms with Crippen molar-refractivity contribution in [2.24, 2.45) is 11.7 Å². The molecule has 0 bridgehead atoms. The Kier molecular flexibility index (Phi) is 9.75. The summed E-state index contributed by atoms with van der Waals surface area (Å²) in [5, 5.41) is 9.80. The molecule has 0 spiro atoms. The SMILES string of the molecule is C=C(NC)Nc1ccccc1Cn1cnc(NC(=C)C(CCCc2ccccc2)CC(=C)C(C)(C)N)c1. The maximum Gasteiger partial charge on any atom is 0.148 e. The second-order valence-corrected chi connectivity index (χ2v) is 10.2. The van der Waals surface area contributed by atoms with Crippen molar-refractivity contribution in [3.8, 4) is 0 Å². The van der Waals surface area contributed by atoms with Crippen LogP contribution in [-0.4, -0.2) is 22.1 Å². The maximum absolute atomic E-state index is 6.35. The van der Waals surface area contributed by atoms with Gasteiger partial charge in [0.1, 0.15) is 5.82 Å². The fourth-order valence-electron chi connectivity index (χ4n) is 4.14. The molecule has 0 aliphatic rings. The van der Waals surface area contributed by atoms with Gasteiger partial charge in [-0.1, -0.05) is 73.8 Å². The molecule has 1 heterocycles. The van der Waals surface area contributed by atoms with E-state index in [1.165, 1.54) is 5.56 Å². The van der Waals surface area contributed by atoms with Crippen molar-refractivity contribution < 1.29 is 0 Å². The van der Waals surface area contributed by atoms with Crippen LogP contribution in [-0.2, 0) is 13.0 Å². The molecule has 0 saturated carbocycles. The third-order valence-electron chi connectivity index (χ3n) is 6.64. The molecular formula is C31H42N6. The highest BCUT2D eigenvalue weighted by atomic mass is 15.1. The number of aromatic nitrogens is 2. The van der Waals surface area contributed by atoms with Gasteiger partial charge in [-0.3, -0.25) is 0 Å². The van der Waals surface area contributed by atoms with Crippen LogP contribution in [0.4, 0.5) is 11.5 Å². The van der Waals surface area contributed by atoms with Crippen LogP contribution < -0.4 is 21.7 Å². The first-order valence-corrected chi connectivity index (χ1v) is 12.9. The van der Waals surface area contributed by atoms with Crippen molar-refractivity contribution in [3.63, 3.8) is 0 Å². The van der Waals surface area contributed by atoms with E-state index >= 15 is 0 Å². The van der Waals surface area contributed by atoms with Gasteiger partial charge in [-0.25, -0.2) is 4.98 Å². The second kappa shape index (κ2) is 13.0. The van der Waals surface area contributed by atoms with E-state index in [-0.39, 0.29) is 5.92 Å². The van der Waals surface area contributed by atoms with Crippen LogP contribution >= 0.6 is 0 Å². The number of para-hydroxylation sites is 1. The molecule has 196 valence electrons. The Bertz CT molecular complexity index is 1190. The Balaban J connectivity index is 1.66. The number of allylic oxidation sites excluding steroid dienone is 1. The predicted molar refractivity (Wildman–Crippen MR) is 157 cm³/mol. The molecule has 0 amide bonds. The number of aryl methyl sites for hydroxylation is 1. The van der Waals surface area contributed by atoms with Crippen LogP contribution in [0.25, 0.3) is 0 Å². The van der Waals surface area contributed by atoms with Gasteiger partial charge in [0.25, 0.3) is 0 Å². The lowest BCUT2D eigenvalue weighted by molar-refractivity contribution is 0.487. The molecule has 2 aromatic carbocycles. The highest BCUT2D eigenvalue weighted by Crippen LogP contribution is 2.29. The Labute approximate surface area is 222 Å². The lowest BCUT2D eigenvalue weighted by atomic mass is 9.84. The van der Waals surface area contributed by atoms with Crippen molar-refractivity contribution in [1.82, 2.24) is 14.9 Å². The van der Waals surface area contributed by atoms with Crippen LogP contribution in [0.1, 0.15) is 44.2 Å². The number of benzene rings is 2. The first kappa shape index (κ1) is 27.8. The van der Waals surface area contributed by atoms with Gasteiger partial charge in [0.15, 0.2) is 0 Å². The summed E-state index contributed by atoms with van der Waals surface area (Å²) in [6.45, 7) is 17.3. The number of hydrogen-bond acceptors (Lipinski definition) is 5.